The summed E-state index contributed by atoms with van der Waals surface area (Å²) in [6.07, 6.45) is 1.85. The lowest BCUT2D eigenvalue weighted by Crippen LogP contribution is -2.36. The van der Waals surface area contributed by atoms with Crippen LogP contribution in [0.2, 0.25) is 0 Å². The molecule has 4 aromatic rings. The van der Waals surface area contributed by atoms with Gasteiger partial charge in [0.05, 0.1) is 9.83 Å². The first-order valence-corrected chi connectivity index (χ1v) is 11.8. The zero-order valence-corrected chi connectivity index (χ0v) is 19.8. The molecule has 0 bridgehead atoms. The van der Waals surface area contributed by atoms with E-state index in [1.807, 2.05) is 54.6 Å². The number of nitrogens with one attached hydrogen (secondary N) is 1. The zero-order valence-electron chi connectivity index (χ0n) is 18.1. The van der Waals surface area contributed by atoms with Gasteiger partial charge in [-0.05, 0) is 51.4 Å². The number of hydrogen-bond acceptors (Lipinski definition) is 6. The highest BCUT2D eigenvalue weighted by molar-refractivity contribution is 8.26. The number of thioether (sulfide) groups is 1. The molecule has 0 aromatic heterocycles. The second-order valence-electron chi connectivity index (χ2n) is 7.85. The van der Waals surface area contributed by atoms with Gasteiger partial charge >= 0.3 is 0 Å². The summed E-state index contributed by atoms with van der Waals surface area (Å²) in [5, 5.41) is 17.6. The van der Waals surface area contributed by atoms with Gasteiger partial charge in [-0.2, -0.15) is 0 Å². The van der Waals surface area contributed by atoms with E-state index in [0.717, 1.165) is 38.9 Å². The number of rotatable bonds is 5. The number of carbonyl (C=O) groups is 2. The van der Waals surface area contributed by atoms with Crippen LogP contribution in [0.4, 0.5) is 11.4 Å². The molecule has 4 aromatic carbocycles. The highest BCUT2D eigenvalue weighted by Crippen LogP contribution is 2.36. The normalized spacial score (nSPS) is 14.7. The predicted octanol–water partition coefficient (Wildman–Crippen LogP) is 5.74. The summed E-state index contributed by atoms with van der Waals surface area (Å²) < 4.78 is 0.296. The molecule has 1 aliphatic rings. The number of anilines is 1. The number of nitrogens with zero attached hydrogens (tertiary/aromatic N) is 2. The number of thiocarbonyl (C=S) groups is 1. The molecule has 0 radical (unpaired) electrons. The minimum Gasteiger partial charge on any atom is -0.325 e. The Morgan fingerprint density at radius 1 is 1.00 bits per heavy atom. The number of nitro benzene ring substituents is 1. The van der Waals surface area contributed by atoms with Gasteiger partial charge in [0.1, 0.15) is 10.9 Å². The van der Waals surface area contributed by atoms with Crippen molar-refractivity contribution >= 4 is 79.1 Å². The second kappa shape index (κ2) is 9.28. The zero-order chi connectivity index (χ0) is 24.5. The lowest BCUT2D eigenvalue weighted by molar-refractivity contribution is -0.384. The van der Waals surface area contributed by atoms with Gasteiger partial charge in [-0.15, -0.1) is 0 Å². The van der Waals surface area contributed by atoms with Gasteiger partial charge in [0.25, 0.3) is 11.6 Å². The van der Waals surface area contributed by atoms with Crippen LogP contribution in [0.5, 0.6) is 0 Å². The average Bonchev–Trinajstić information content (AvgIpc) is 3.11. The van der Waals surface area contributed by atoms with Gasteiger partial charge in [0, 0.05) is 17.8 Å². The van der Waals surface area contributed by atoms with E-state index < -0.39 is 10.8 Å². The number of carbonyl (C=O) groups excluding carboxylic acids is 2. The molecule has 1 fully saturated rings. The van der Waals surface area contributed by atoms with E-state index in [4.69, 9.17) is 12.2 Å². The Bertz CT molecular complexity index is 1510. The van der Waals surface area contributed by atoms with Crippen LogP contribution < -0.4 is 5.32 Å². The molecule has 35 heavy (non-hydrogen) atoms. The fourth-order valence-electron chi connectivity index (χ4n) is 3.98. The van der Waals surface area contributed by atoms with E-state index in [2.05, 4.69) is 11.4 Å². The monoisotopic (exact) mass is 499 g/mol. The van der Waals surface area contributed by atoms with Gasteiger partial charge in [0.15, 0.2) is 0 Å². The maximum Gasteiger partial charge on any atom is 0.269 e. The highest BCUT2D eigenvalue weighted by Gasteiger charge is 2.33. The number of hydrogen-bond donors (Lipinski definition) is 1. The van der Waals surface area contributed by atoms with E-state index in [9.17, 15) is 19.7 Å². The molecule has 1 aliphatic heterocycles. The first kappa shape index (κ1) is 22.7. The topological polar surface area (TPSA) is 92.6 Å². The number of benzene rings is 4. The van der Waals surface area contributed by atoms with E-state index in [0.29, 0.717) is 14.9 Å². The molecule has 9 heteroatoms. The summed E-state index contributed by atoms with van der Waals surface area (Å²) in [6, 6.07) is 23.6. The van der Waals surface area contributed by atoms with Gasteiger partial charge in [-0.3, -0.25) is 24.6 Å². The quantitative estimate of drug-likeness (QED) is 0.124. The van der Waals surface area contributed by atoms with E-state index in [1.165, 1.54) is 29.2 Å². The lowest BCUT2D eigenvalue weighted by Gasteiger charge is -2.14. The standard InChI is InChI=1S/C26H17N3O4S2/c30-24(27-18-9-11-19(12-10-18)29(32)33)15-28-25(31)23(35-26(28)34)14-22-20-7-3-1-5-16(20)13-17-6-2-4-8-21(17)22/h1-14H,15H2,(H,27,30)/b23-14-. The first-order chi connectivity index (χ1) is 16.9. The smallest absolute Gasteiger partial charge is 0.269 e. The summed E-state index contributed by atoms with van der Waals surface area (Å²) >= 11 is 6.56. The fourth-order valence-corrected chi connectivity index (χ4v) is 5.22. The van der Waals surface area contributed by atoms with Crippen molar-refractivity contribution in [3.8, 4) is 0 Å². The second-order valence-corrected chi connectivity index (χ2v) is 9.53. The summed E-state index contributed by atoms with van der Waals surface area (Å²) in [6.45, 7) is -0.255. The van der Waals surface area contributed by atoms with Crippen LogP contribution in [0, 0.1) is 10.1 Å². The number of non-ortho nitro benzene ring substituents is 1. The molecular weight excluding hydrogens is 482 g/mol. The van der Waals surface area contributed by atoms with Crippen molar-refractivity contribution < 1.29 is 14.5 Å². The van der Waals surface area contributed by atoms with Gasteiger partial charge < -0.3 is 5.32 Å². The Labute approximate surface area is 209 Å². The number of fused-ring (bicyclic) bond motifs is 2. The third-order valence-electron chi connectivity index (χ3n) is 5.63. The third-order valence-corrected chi connectivity index (χ3v) is 7.00. The molecule has 5 rings (SSSR count). The number of amides is 2. The van der Waals surface area contributed by atoms with E-state index in [1.54, 1.807) is 0 Å². The Morgan fingerprint density at radius 3 is 2.20 bits per heavy atom. The molecule has 1 N–H and O–H groups in total. The Morgan fingerprint density at radius 2 is 1.60 bits per heavy atom. The molecule has 1 heterocycles. The van der Waals surface area contributed by atoms with Crippen molar-refractivity contribution in [2.24, 2.45) is 0 Å². The largest absolute Gasteiger partial charge is 0.325 e. The third kappa shape index (κ3) is 4.51. The molecule has 0 spiro atoms. The molecule has 1 saturated heterocycles. The summed E-state index contributed by atoms with van der Waals surface area (Å²) in [7, 11) is 0. The van der Waals surface area contributed by atoms with Crippen LogP contribution in [0.3, 0.4) is 0 Å². The van der Waals surface area contributed by atoms with Crippen LogP contribution >= 0.6 is 24.0 Å². The SMILES string of the molecule is O=C(CN1C(=O)/C(=C/c2c3ccccc3cc3ccccc23)SC1=S)Nc1ccc([N+](=O)[O-])cc1. The molecule has 0 atom stereocenters. The van der Waals surface area contributed by atoms with Gasteiger partial charge in [0.2, 0.25) is 5.91 Å². The minimum atomic E-state index is -0.517. The van der Waals surface area contributed by atoms with Gasteiger partial charge in [-0.25, -0.2) is 0 Å². The molecule has 172 valence electrons. The van der Waals surface area contributed by atoms with E-state index >= 15 is 0 Å². The van der Waals surface area contributed by atoms with Crippen LogP contribution in [0.25, 0.3) is 27.6 Å². The Kier molecular flexibility index (Phi) is 6.02. The Balaban J connectivity index is 1.41. The molecular formula is C26H17N3O4S2. The molecule has 0 saturated carbocycles. The molecule has 2 amide bonds. The van der Waals surface area contributed by atoms with Crippen LogP contribution in [-0.2, 0) is 9.59 Å². The molecule has 7 nitrogen and oxygen atoms in total. The minimum absolute atomic E-state index is 0.0777. The van der Waals surface area contributed by atoms with Crippen LogP contribution in [-0.4, -0.2) is 32.5 Å². The van der Waals surface area contributed by atoms with Crippen molar-refractivity contribution in [2.45, 2.75) is 0 Å². The van der Waals surface area contributed by atoms with Crippen molar-refractivity contribution in [3.05, 3.63) is 99.4 Å². The van der Waals surface area contributed by atoms with Crippen LogP contribution in [0.1, 0.15) is 5.56 Å². The average molecular weight is 500 g/mol. The summed E-state index contributed by atoms with van der Waals surface area (Å²) in [4.78, 5) is 37.7. The number of nitro groups is 1. The molecule has 0 unspecified atom stereocenters. The summed E-state index contributed by atoms with van der Waals surface area (Å²) in [5.41, 5.74) is 1.24. The van der Waals surface area contributed by atoms with Crippen molar-refractivity contribution in [2.75, 3.05) is 11.9 Å². The van der Waals surface area contributed by atoms with Crippen LogP contribution in [0.15, 0.2) is 83.8 Å². The van der Waals surface area contributed by atoms with Crippen molar-refractivity contribution in [1.29, 1.82) is 0 Å². The first-order valence-electron chi connectivity index (χ1n) is 10.6. The van der Waals surface area contributed by atoms with Crippen molar-refractivity contribution in [1.82, 2.24) is 4.90 Å². The lowest BCUT2D eigenvalue weighted by atomic mass is 9.96. The fraction of sp³-hybridized carbons (Fsp3) is 0.0385. The Hall–Kier alpha value is -4.08. The molecule has 0 aliphatic carbocycles. The summed E-state index contributed by atoms with van der Waals surface area (Å²) in [5.74, 6) is -0.789. The van der Waals surface area contributed by atoms with Gasteiger partial charge in [-0.1, -0.05) is 72.5 Å². The van der Waals surface area contributed by atoms with E-state index in [-0.39, 0.29) is 18.1 Å². The maximum absolute atomic E-state index is 13.2. The maximum atomic E-state index is 13.2. The highest BCUT2D eigenvalue weighted by atomic mass is 32.2. The van der Waals surface area contributed by atoms with Crippen molar-refractivity contribution in [3.63, 3.8) is 0 Å². The predicted molar refractivity (Wildman–Crippen MR) is 143 cm³/mol.